The van der Waals surface area contributed by atoms with Gasteiger partial charge in [0.25, 0.3) is 5.69 Å². The normalized spacial score (nSPS) is 17.4. The van der Waals surface area contributed by atoms with Crippen LogP contribution >= 0.6 is 0 Å². The fourth-order valence-corrected chi connectivity index (χ4v) is 7.45. The summed E-state index contributed by atoms with van der Waals surface area (Å²) in [5.41, 5.74) is 5.16. The molecule has 6 rings (SSSR count). The van der Waals surface area contributed by atoms with Crippen LogP contribution in [0, 0.1) is 10.1 Å². The van der Waals surface area contributed by atoms with Crippen LogP contribution in [0.15, 0.2) is 89.8 Å². The molecule has 4 aromatic rings. The van der Waals surface area contributed by atoms with Crippen molar-refractivity contribution >= 4 is 17.2 Å². The van der Waals surface area contributed by atoms with Crippen LogP contribution in [0.4, 0.5) is 5.69 Å². The molecule has 2 aliphatic rings. The molecule has 1 unspecified atom stereocenters. The Labute approximate surface area is 303 Å². The van der Waals surface area contributed by atoms with E-state index in [0.717, 1.165) is 49.7 Å². The van der Waals surface area contributed by atoms with Crippen LogP contribution in [-0.4, -0.2) is 76.5 Å². The first-order valence-corrected chi connectivity index (χ1v) is 17.6. The number of aryl methyl sites for hydroxylation is 1. The first kappa shape index (κ1) is 36.2. The molecule has 0 spiro atoms. The average molecular weight is 708 g/mol. The summed E-state index contributed by atoms with van der Waals surface area (Å²) in [6.45, 7) is 8.85. The number of nitrogens with zero attached hydrogens (tertiary/aromatic N) is 6. The summed E-state index contributed by atoms with van der Waals surface area (Å²) >= 11 is 0. The van der Waals surface area contributed by atoms with E-state index in [1.54, 1.807) is 26.4 Å². The molecule has 0 bridgehead atoms. The zero-order chi connectivity index (χ0) is 36.8. The minimum atomic E-state index is -0.700. The Hall–Kier alpha value is -5.56. The van der Waals surface area contributed by atoms with Crippen LogP contribution in [0.2, 0.25) is 0 Å². The molecule has 13 heteroatoms. The number of nitrogens with one attached hydrogen (secondary N) is 1. The highest BCUT2D eigenvalue weighted by atomic mass is 16.6. The van der Waals surface area contributed by atoms with Crippen LogP contribution in [0.25, 0.3) is 5.57 Å². The molecule has 3 aromatic carbocycles. The van der Waals surface area contributed by atoms with Crippen molar-refractivity contribution in [3.8, 4) is 11.5 Å². The summed E-state index contributed by atoms with van der Waals surface area (Å²) < 4.78 is 16.8. The number of non-ortho nitro benzene ring substituents is 1. The van der Waals surface area contributed by atoms with Crippen LogP contribution in [0.5, 0.6) is 11.5 Å². The van der Waals surface area contributed by atoms with E-state index in [-0.39, 0.29) is 17.7 Å². The van der Waals surface area contributed by atoms with E-state index in [1.807, 2.05) is 45.0 Å². The number of rotatable bonds is 13. The number of hydrogen-bond donors (Lipinski definition) is 1. The number of esters is 1. The second-order valence-corrected chi connectivity index (χ2v) is 13.2. The van der Waals surface area contributed by atoms with Crippen molar-refractivity contribution < 1.29 is 23.9 Å². The van der Waals surface area contributed by atoms with Gasteiger partial charge in [-0.2, -0.15) is 4.80 Å². The molecule has 1 N–H and O–H groups in total. The lowest BCUT2D eigenvalue weighted by Gasteiger charge is -2.43. The summed E-state index contributed by atoms with van der Waals surface area (Å²) in [7, 11) is 3.36. The van der Waals surface area contributed by atoms with E-state index >= 15 is 0 Å². The summed E-state index contributed by atoms with van der Waals surface area (Å²) in [5.74, 6) is 0.803. The van der Waals surface area contributed by atoms with Crippen molar-refractivity contribution in [1.82, 2.24) is 30.4 Å². The van der Waals surface area contributed by atoms with Gasteiger partial charge in [0.05, 0.1) is 37.9 Å². The Morgan fingerprint density at radius 2 is 1.60 bits per heavy atom. The lowest BCUT2D eigenvalue weighted by Crippen LogP contribution is -2.43. The Bertz CT molecular complexity index is 1910. The third kappa shape index (κ3) is 7.40. The first-order chi connectivity index (χ1) is 25.2. The molecule has 52 heavy (non-hydrogen) atoms. The maximum atomic E-state index is 13.9. The summed E-state index contributed by atoms with van der Waals surface area (Å²) in [6, 6.07) is 23.1. The maximum Gasteiger partial charge on any atom is 0.336 e. The summed E-state index contributed by atoms with van der Waals surface area (Å²) in [6.07, 6.45) is 2.51. The number of likely N-dealkylation sites (tertiary alicyclic amines) is 1. The highest BCUT2D eigenvalue weighted by molar-refractivity contribution is 5.97. The van der Waals surface area contributed by atoms with Gasteiger partial charge in [-0.05, 0) is 99.3 Å². The molecule has 1 aromatic heterocycles. The predicted octanol–water partition coefficient (Wildman–Crippen LogP) is 6.03. The molecule has 3 heterocycles. The van der Waals surface area contributed by atoms with Gasteiger partial charge in [0.2, 0.25) is 5.82 Å². The summed E-state index contributed by atoms with van der Waals surface area (Å²) in [5, 5.41) is 27.9. The quantitative estimate of drug-likeness (QED) is 0.0753. The number of tetrazole rings is 1. The number of hydrogen-bond acceptors (Lipinski definition) is 11. The monoisotopic (exact) mass is 707 g/mol. The topological polar surface area (TPSA) is 147 Å². The van der Waals surface area contributed by atoms with Gasteiger partial charge >= 0.3 is 5.97 Å². The molecular weight excluding hydrogens is 662 g/mol. The molecule has 13 nitrogen and oxygen atoms in total. The van der Waals surface area contributed by atoms with Crippen LogP contribution < -0.4 is 14.8 Å². The minimum absolute atomic E-state index is 0.0758. The van der Waals surface area contributed by atoms with Gasteiger partial charge in [-0.25, -0.2) is 4.79 Å². The van der Waals surface area contributed by atoms with Gasteiger partial charge in [-0.1, -0.05) is 36.4 Å². The van der Waals surface area contributed by atoms with Gasteiger partial charge < -0.3 is 24.4 Å². The SMILES string of the molecule is CCn1nnc(C2=C(C)NC(C)=C(C(=O)OCCCN3CCC(c4ccc(OC)cc4)(c4ccc(OC)cc4)CC3)C2c2cccc([N+](=O)[O-])c2)n1. The minimum Gasteiger partial charge on any atom is -0.497 e. The molecule has 0 aliphatic carbocycles. The zero-order valence-electron chi connectivity index (χ0n) is 30.3. The number of allylic oxidation sites excluding steroid dienone is 3. The number of methoxy groups -OCH3 is 2. The van der Waals surface area contributed by atoms with Crippen molar-refractivity contribution in [2.24, 2.45) is 0 Å². The Morgan fingerprint density at radius 1 is 0.962 bits per heavy atom. The van der Waals surface area contributed by atoms with E-state index in [1.165, 1.54) is 28.1 Å². The van der Waals surface area contributed by atoms with Gasteiger partial charge in [0.1, 0.15) is 11.5 Å². The Balaban J connectivity index is 1.15. The Morgan fingerprint density at radius 3 is 2.15 bits per heavy atom. The molecule has 1 fully saturated rings. The van der Waals surface area contributed by atoms with E-state index in [0.29, 0.717) is 41.2 Å². The van der Waals surface area contributed by atoms with Gasteiger partial charge in [-0.3, -0.25) is 10.1 Å². The maximum absolute atomic E-state index is 13.9. The van der Waals surface area contributed by atoms with Gasteiger partial charge in [0.15, 0.2) is 0 Å². The van der Waals surface area contributed by atoms with E-state index in [9.17, 15) is 14.9 Å². The van der Waals surface area contributed by atoms with Crippen LogP contribution in [0.1, 0.15) is 68.5 Å². The van der Waals surface area contributed by atoms with Crippen molar-refractivity contribution in [3.63, 3.8) is 0 Å². The molecule has 0 saturated carbocycles. The molecule has 0 amide bonds. The number of carbonyl (C=O) groups excluding carboxylic acids is 1. The lowest BCUT2D eigenvalue weighted by molar-refractivity contribution is -0.384. The molecule has 2 aliphatic heterocycles. The van der Waals surface area contributed by atoms with Crippen LogP contribution in [0.3, 0.4) is 0 Å². The number of ether oxygens (including phenoxy) is 3. The Kier molecular flexibility index (Phi) is 11.0. The predicted molar refractivity (Wildman–Crippen MR) is 196 cm³/mol. The van der Waals surface area contributed by atoms with Crippen molar-refractivity contribution in [1.29, 1.82) is 0 Å². The number of nitro benzene ring substituents is 1. The molecule has 272 valence electrons. The molecule has 0 radical (unpaired) electrons. The van der Waals surface area contributed by atoms with Crippen molar-refractivity contribution in [2.75, 3.05) is 40.5 Å². The second kappa shape index (κ2) is 15.8. The third-order valence-electron chi connectivity index (χ3n) is 10.2. The number of nitro groups is 1. The highest BCUT2D eigenvalue weighted by Gasteiger charge is 2.39. The largest absolute Gasteiger partial charge is 0.497 e. The van der Waals surface area contributed by atoms with Crippen molar-refractivity contribution in [3.05, 3.63) is 122 Å². The summed E-state index contributed by atoms with van der Waals surface area (Å²) in [4.78, 5) is 29.1. The van der Waals surface area contributed by atoms with E-state index in [2.05, 4.69) is 49.9 Å². The van der Waals surface area contributed by atoms with Crippen LogP contribution in [-0.2, 0) is 21.5 Å². The standard InChI is InChI=1S/C39H45N7O6/c1-6-45-42-37(41-43-45)34-26(2)40-27(3)35(36(34)28-9-7-10-31(25-28)46(48)49)38(47)52-24-8-21-44-22-19-39(20-23-44,29-11-15-32(50-4)16-12-29)30-13-17-33(51-5)18-14-30/h7,9-18,25,36,40H,6,8,19-24H2,1-5H3. The van der Waals surface area contributed by atoms with Crippen molar-refractivity contribution in [2.45, 2.75) is 57.9 Å². The van der Waals surface area contributed by atoms with E-state index < -0.39 is 16.8 Å². The fourth-order valence-electron chi connectivity index (χ4n) is 7.45. The third-order valence-corrected chi connectivity index (χ3v) is 10.2. The highest BCUT2D eigenvalue weighted by Crippen LogP contribution is 2.44. The fraction of sp³-hybridized carbons (Fsp3) is 0.385. The molecule has 1 saturated heterocycles. The zero-order valence-corrected chi connectivity index (χ0v) is 30.3. The number of carbonyl (C=O) groups is 1. The van der Waals surface area contributed by atoms with Gasteiger partial charge in [-0.15, -0.1) is 10.2 Å². The molecular formula is C39H45N7O6. The number of piperidine rings is 1. The molecule has 1 atom stereocenters. The first-order valence-electron chi connectivity index (χ1n) is 17.6. The lowest BCUT2D eigenvalue weighted by atomic mass is 9.68. The van der Waals surface area contributed by atoms with Gasteiger partial charge in [0, 0.05) is 47.0 Å². The smallest absolute Gasteiger partial charge is 0.336 e. The number of dihydropyridines is 1. The second-order valence-electron chi connectivity index (χ2n) is 13.2. The van der Waals surface area contributed by atoms with E-state index in [4.69, 9.17) is 14.2 Å². The number of benzene rings is 3. The number of aromatic nitrogens is 4. The average Bonchev–Trinajstić information content (AvgIpc) is 3.65.